The van der Waals surface area contributed by atoms with Crippen molar-refractivity contribution in [3.05, 3.63) is 59.7 Å². The van der Waals surface area contributed by atoms with Gasteiger partial charge in [-0.1, -0.05) is 48.5 Å². The maximum atomic E-state index is 12.1. The monoisotopic (exact) mass is 398 g/mol. The SMILES string of the molecule is O=C(CCCOCCCC(=O)c1ccc(B(O)O)cc1)c1ccc(B(O)O)cc1. The fraction of sp³-hybridized carbons (Fsp3) is 0.300. The first-order chi connectivity index (χ1) is 13.9. The molecule has 0 heterocycles. The molecule has 0 aromatic heterocycles. The molecule has 0 bridgehead atoms. The Kier molecular flexibility index (Phi) is 9.24. The van der Waals surface area contributed by atoms with Gasteiger partial charge in [0.15, 0.2) is 11.6 Å². The van der Waals surface area contributed by atoms with Gasteiger partial charge in [-0.15, -0.1) is 0 Å². The predicted octanol–water partition coefficient (Wildman–Crippen LogP) is -0.311. The van der Waals surface area contributed by atoms with Crippen LogP contribution in [0, 0.1) is 0 Å². The van der Waals surface area contributed by atoms with Crippen molar-refractivity contribution in [2.45, 2.75) is 25.7 Å². The first kappa shape index (κ1) is 23.0. The summed E-state index contributed by atoms with van der Waals surface area (Å²) in [6.07, 6.45) is 1.76. The van der Waals surface area contributed by atoms with Crippen molar-refractivity contribution in [2.24, 2.45) is 0 Å². The number of hydrogen-bond donors (Lipinski definition) is 4. The van der Waals surface area contributed by atoms with Gasteiger partial charge in [0.25, 0.3) is 0 Å². The molecule has 0 spiro atoms. The molecule has 0 unspecified atom stereocenters. The van der Waals surface area contributed by atoms with Crippen molar-refractivity contribution < 1.29 is 34.4 Å². The van der Waals surface area contributed by atoms with E-state index in [4.69, 9.17) is 24.8 Å². The first-order valence-electron chi connectivity index (χ1n) is 9.45. The van der Waals surface area contributed by atoms with Crippen LogP contribution in [0.4, 0.5) is 0 Å². The minimum atomic E-state index is -1.55. The third-order valence-corrected chi connectivity index (χ3v) is 4.45. The van der Waals surface area contributed by atoms with E-state index in [1.165, 1.54) is 24.3 Å². The molecule has 0 aliphatic rings. The van der Waals surface area contributed by atoms with E-state index < -0.39 is 14.2 Å². The van der Waals surface area contributed by atoms with Crippen LogP contribution < -0.4 is 10.9 Å². The van der Waals surface area contributed by atoms with Crippen LogP contribution in [0.3, 0.4) is 0 Å². The number of rotatable bonds is 12. The maximum Gasteiger partial charge on any atom is 0.488 e. The highest BCUT2D eigenvalue weighted by molar-refractivity contribution is 6.58. The van der Waals surface area contributed by atoms with Crippen LogP contribution in [-0.2, 0) is 4.74 Å². The molecule has 0 aliphatic heterocycles. The largest absolute Gasteiger partial charge is 0.488 e. The van der Waals surface area contributed by atoms with Gasteiger partial charge in [-0.2, -0.15) is 0 Å². The van der Waals surface area contributed by atoms with Crippen LogP contribution in [0.1, 0.15) is 46.4 Å². The van der Waals surface area contributed by atoms with Crippen molar-refractivity contribution in [1.82, 2.24) is 0 Å². The van der Waals surface area contributed by atoms with Crippen LogP contribution in [0.5, 0.6) is 0 Å². The minimum absolute atomic E-state index is 0.0424. The van der Waals surface area contributed by atoms with Gasteiger partial charge >= 0.3 is 14.2 Å². The number of carbonyl (C=O) groups excluding carboxylic acids is 2. The Bertz CT molecular complexity index is 722. The number of ether oxygens (including phenoxy) is 1. The van der Waals surface area contributed by atoms with Gasteiger partial charge in [0, 0.05) is 37.2 Å². The van der Waals surface area contributed by atoms with Gasteiger partial charge < -0.3 is 24.8 Å². The van der Waals surface area contributed by atoms with Gasteiger partial charge in [-0.05, 0) is 23.8 Å². The van der Waals surface area contributed by atoms with Crippen LogP contribution in [0.15, 0.2) is 48.5 Å². The third kappa shape index (κ3) is 7.56. The zero-order valence-electron chi connectivity index (χ0n) is 16.0. The molecule has 2 rings (SSSR count). The summed E-state index contributed by atoms with van der Waals surface area (Å²) < 4.78 is 5.47. The molecule has 9 heteroatoms. The highest BCUT2D eigenvalue weighted by Gasteiger charge is 2.13. The Hall–Kier alpha value is -2.29. The van der Waals surface area contributed by atoms with Gasteiger partial charge in [-0.3, -0.25) is 9.59 Å². The number of ketones is 2. The molecule has 0 atom stereocenters. The van der Waals surface area contributed by atoms with Crippen molar-refractivity contribution in [1.29, 1.82) is 0 Å². The summed E-state index contributed by atoms with van der Waals surface area (Å²) in [5.74, 6) is -0.0848. The second-order valence-electron chi connectivity index (χ2n) is 6.66. The summed E-state index contributed by atoms with van der Waals surface area (Å²) in [7, 11) is -3.10. The number of carbonyl (C=O) groups is 2. The quantitative estimate of drug-likeness (QED) is 0.220. The van der Waals surface area contributed by atoms with E-state index in [2.05, 4.69) is 0 Å². The van der Waals surface area contributed by atoms with E-state index >= 15 is 0 Å². The molecule has 2 aromatic rings. The summed E-state index contributed by atoms with van der Waals surface area (Å²) in [5.41, 5.74) is 1.70. The Morgan fingerprint density at radius 2 is 1.00 bits per heavy atom. The zero-order chi connectivity index (χ0) is 21.2. The lowest BCUT2D eigenvalue weighted by Crippen LogP contribution is -2.29. The van der Waals surface area contributed by atoms with Gasteiger partial charge in [0.1, 0.15) is 0 Å². The standard InChI is InChI=1S/C20H24B2O7/c23-19(15-5-9-17(10-6-15)21(25)26)3-1-13-29-14-2-4-20(24)16-7-11-18(12-8-16)22(27)28/h5-12,25-28H,1-4,13-14H2. The van der Waals surface area contributed by atoms with E-state index in [0.717, 1.165) is 0 Å². The lowest BCUT2D eigenvalue weighted by molar-refractivity contribution is 0.0906. The average molecular weight is 398 g/mol. The topological polar surface area (TPSA) is 124 Å². The molecule has 29 heavy (non-hydrogen) atoms. The van der Waals surface area contributed by atoms with Crippen molar-refractivity contribution in [3.63, 3.8) is 0 Å². The molecule has 0 radical (unpaired) electrons. The first-order valence-corrected chi connectivity index (χ1v) is 9.45. The van der Waals surface area contributed by atoms with Gasteiger partial charge in [0.2, 0.25) is 0 Å². The van der Waals surface area contributed by atoms with E-state index in [9.17, 15) is 9.59 Å². The van der Waals surface area contributed by atoms with Gasteiger partial charge in [-0.25, -0.2) is 0 Å². The summed E-state index contributed by atoms with van der Waals surface area (Å²) in [5, 5.41) is 36.2. The zero-order valence-corrected chi connectivity index (χ0v) is 16.0. The Balaban J connectivity index is 1.59. The van der Waals surface area contributed by atoms with E-state index in [-0.39, 0.29) is 11.6 Å². The predicted molar refractivity (Wildman–Crippen MR) is 110 cm³/mol. The Morgan fingerprint density at radius 3 is 1.31 bits per heavy atom. The average Bonchev–Trinajstić information content (AvgIpc) is 2.72. The second-order valence-corrected chi connectivity index (χ2v) is 6.66. The summed E-state index contributed by atoms with van der Waals surface area (Å²) in [6.45, 7) is 0.826. The number of Topliss-reactive ketones (excluding diaryl/α,β-unsaturated/α-hetero) is 2. The molecule has 152 valence electrons. The molecule has 7 nitrogen and oxygen atoms in total. The van der Waals surface area contributed by atoms with E-state index in [1.54, 1.807) is 24.3 Å². The second kappa shape index (κ2) is 11.6. The van der Waals surface area contributed by atoms with Crippen molar-refractivity contribution in [2.75, 3.05) is 13.2 Å². The molecular weight excluding hydrogens is 374 g/mol. The minimum Gasteiger partial charge on any atom is -0.423 e. The fourth-order valence-corrected chi connectivity index (χ4v) is 2.74. The maximum absolute atomic E-state index is 12.1. The summed E-state index contributed by atoms with van der Waals surface area (Å²) in [4.78, 5) is 24.1. The third-order valence-electron chi connectivity index (χ3n) is 4.45. The molecular formula is C20H24B2O7. The number of benzene rings is 2. The highest BCUT2D eigenvalue weighted by atomic mass is 16.5. The van der Waals surface area contributed by atoms with Gasteiger partial charge in [0.05, 0.1) is 0 Å². The number of hydrogen-bond acceptors (Lipinski definition) is 7. The molecule has 4 N–H and O–H groups in total. The van der Waals surface area contributed by atoms with Crippen LogP contribution in [0.2, 0.25) is 0 Å². The van der Waals surface area contributed by atoms with Crippen molar-refractivity contribution >= 4 is 36.7 Å². The Morgan fingerprint density at radius 1 is 0.655 bits per heavy atom. The molecule has 0 aliphatic carbocycles. The highest BCUT2D eigenvalue weighted by Crippen LogP contribution is 2.07. The van der Waals surface area contributed by atoms with Crippen LogP contribution >= 0.6 is 0 Å². The smallest absolute Gasteiger partial charge is 0.423 e. The summed E-state index contributed by atoms with van der Waals surface area (Å²) >= 11 is 0. The lowest BCUT2D eigenvalue weighted by atomic mass is 9.80. The normalized spacial score (nSPS) is 10.6. The molecule has 0 amide bonds. The van der Waals surface area contributed by atoms with Crippen LogP contribution in [-0.4, -0.2) is 59.1 Å². The van der Waals surface area contributed by atoms with Crippen LogP contribution in [0.25, 0.3) is 0 Å². The lowest BCUT2D eigenvalue weighted by Gasteiger charge is -2.06. The van der Waals surface area contributed by atoms with Crippen molar-refractivity contribution in [3.8, 4) is 0 Å². The van der Waals surface area contributed by atoms with E-state index in [0.29, 0.717) is 60.9 Å². The van der Waals surface area contributed by atoms with E-state index in [1.807, 2.05) is 0 Å². The Labute approximate surface area is 170 Å². The fourth-order valence-electron chi connectivity index (χ4n) is 2.74. The molecule has 0 saturated heterocycles. The molecule has 0 saturated carbocycles. The molecule has 0 fully saturated rings. The molecule has 2 aromatic carbocycles. The summed E-state index contributed by atoms with van der Waals surface area (Å²) in [6, 6.07) is 12.3.